The monoisotopic (exact) mass is 214 g/mol. The summed E-state index contributed by atoms with van der Waals surface area (Å²) in [5.74, 6) is -0.472. The third-order valence-electron chi connectivity index (χ3n) is 1.84. The number of aromatic nitrogens is 2. The van der Waals surface area contributed by atoms with Crippen molar-refractivity contribution in [3.8, 4) is 0 Å². The van der Waals surface area contributed by atoms with Gasteiger partial charge in [-0.3, -0.25) is 0 Å². The Balaban J connectivity index is 2.67. The molecule has 1 aromatic rings. The summed E-state index contributed by atoms with van der Waals surface area (Å²) in [4.78, 5) is 7.23. The molecule has 1 rings (SSSR count). The van der Waals surface area contributed by atoms with Crippen LogP contribution in [0.2, 0.25) is 0 Å². The molecule has 0 aliphatic carbocycles. The maximum Gasteiger partial charge on any atom is 0.222 e. The van der Waals surface area contributed by atoms with E-state index in [4.69, 9.17) is 10.8 Å². The highest BCUT2D eigenvalue weighted by Crippen LogP contribution is 2.12. The SMILES string of the molecule is CC(O)CC(C)Nc1nc(N)ncc1F. The van der Waals surface area contributed by atoms with Crippen LogP contribution in [0, 0.1) is 5.82 Å². The van der Waals surface area contributed by atoms with Crippen LogP contribution < -0.4 is 11.1 Å². The lowest BCUT2D eigenvalue weighted by Gasteiger charge is -2.16. The number of nitrogens with zero attached hydrogens (tertiary/aromatic N) is 2. The fourth-order valence-corrected chi connectivity index (χ4v) is 1.29. The number of nitrogens with one attached hydrogen (secondary N) is 1. The van der Waals surface area contributed by atoms with Gasteiger partial charge in [0.05, 0.1) is 12.3 Å². The van der Waals surface area contributed by atoms with Gasteiger partial charge in [-0.15, -0.1) is 0 Å². The van der Waals surface area contributed by atoms with Crippen LogP contribution in [0.1, 0.15) is 20.3 Å². The van der Waals surface area contributed by atoms with Gasteiger partial charge in [0.2, 0.25) is 5.95 Å². The second-order valence-electron chi connectivity index (χ2n) is 3.55. The molecular formula is C9H15FN4O. The number of aliphatic hydroxyl groups is 1. The first kappa shape index (κ1) is 11.6. The topological polar surface area (TPSA) is 84.1 Å². The summed E-state index contributed by atoms with van der Waals surface area (Å²) in [6, 6.07) is -0.0891. The maximum absolute atomic E-state index is 13.2. The Morgan fingerprint density at radius 1 is 1.60 bits per heavy atom. The number of nitrogens with two attached hydrogens (primary N) is 1. The number of halogens is 1. The van der Waals surface area contributed by atoms with E-state index in [9.17, 15) is 4.39 Å². The molecule has 0 radical (unpaired) electrons. The molecule has 4 N–H and O–H groups in total. The van der Waals surface area contributed by atoms with Crippen molar-refractivity contribution >= 4 is 11.8 Å². The van der Waals surface area contributed by atoms with Crippen LogP contribution in [-0.2, 0) is 0 Å². The van der Waals surface area contributed by atoms with E-state index in [1.54, 1.807) is 6.92 Å². The summed E-state index contributed by atoms with van der Waals surface area (Å²) in [6.45, 7) is 3.49. The number of nitrogen functional groups attached to an aromatic ring is 1. The van der Waals surface area contributed by atoms with E-state index in [-0.39, 0.29) is 17.8 Å². The smallest absolute Gasteiger partial charge is 0.222 e. The largest absolute Gasteiger partial charge is 0.393 e. The van der Waals surface area contributed by atoms with Gasteiger partial charge in [-0.05, 0) is 20.3 Å². The number of hydrogen-bond donors (Lipinski definition) is 3. The van der Waals surface area contributed by atoms with Crippen LogP contribution in [-0.4, -0.2) is 27.2 Å². The number of rotatable bonds is 4. The first-order valence-corrected chi connectivity index (χ1v) is 4.71. The van der Waals surface area contributed by atoms with Crippen molar-refractivity contribution in [3.63, 3.8) is 0 Å². The van der Waals surface area contributed by atoms with Crippen molar-refractivity contribution in [2.45, 2.75) is 32.4 Å². The maximum atomic E-state index is 13.2. The molecule has 6 heteroatoms. The van der Waals surface area contributed by atoms with E-state index < -0.39 is 11.9 Å². The van der Waals surface area contributed by atoms with Crippen LogP contribution in [0.25, 0.3) is 0 Å². The summed E-state index contributed by atoms with van der Waals surface area (Å²) >= 11 is 0. The summed E-state index contributed by atoms with van der Waals surface area (Å²) in [5, 5.41) is 11.9. The molecule has 15 heavy (non-hydrogen) atoms. The van der Waals surface area contributed by atoms with E-state index in [0.717, 1.165) is 6.20 Å². The van der Waals surface area contributed by atoms with Crippen LogP contribution in [0.3, 0.4) is 0 Å². The zero-order valence-electron chi connectivity index (χ0n) is 8.74. The fraction of sp³-hybridized carbons (Fsp3) is 0.556. The lowest BCUT2D eigenvalue weighted by Crippen LogP contribution is -2.22. The van der Waals surface area contributed by atoms with Gasteiger partial charge in [0.15, 0.2) is 11.6 Å². The van der Waals surface area contributed by atoms with Crippen molar-refractivity contribution in [2.24, 2.45) is 0 Å². The molecule has 1 heterocycles. The zero-order valence-corrected chi connectivity index (χ0v) is 8.74. The van der Waals surface area contributed by atoms with Crippen molar-refractivity contribution < 1.29 is 9.50 Å². The van der Waals surface area contributed by atoms with E-state index in [1.165, 1.54) is 0 Å². The minimum Gasteiger partial charge on any atom is -0.393 e. The number of anilines is 2. The fourth-order valence-electron chi connectivity index (χ4n) is 1.29. The Hall–Kier alpha value is -1.43. The van der Waals surface area contributed by atoms with Crippen LogP contribution in [0.15, 0.2) is 6.20 Å². The predicted octanol–water partition coefficient (Wildman–Crippen LogP) is 0.769. The quantitative estimate of drug-likeness (QED) is 0.689. The van der Waals surface area contributed by atoms with Gasteiger partial charge in [0.25, 0.3) is 0 Å². The molecule has 2 atom stereocenters. The lowest BCUT2D eigenvalue weighted by molar-refractivity contribution is 0.179. The third kappa shape index (κ3) is 3.67. The van der Waals surface area contributed by atoms with E-state index in [0.29, 0.717) is 6.42 Å². The molecule has 1 aromatic heterocycles. The van der Waals surface area contributed by atoms with Crippen molar-refractivity contribution in [2.75, 3.05) is 11.1 Å². The standard InChI is InChI=1S/C9H15FN4O/c1-5(3-6(2)15)13-8-7(10)4-12-9(11)14-8/h4-6,15H,3H2,1-2H3,(H3,11,12,13,14). The molecule has 0 aromatic carbocycles. The molecule has 5 nitrogen and oxygen atoms in total. The first-order chi connectivity index (χ1) is 6.99. The summed E-state index contributed by atoms with van der Waals surface area (Å²) in [6.07, 6.45) is 1.07. The average molecular weight is 214 g/mol. The van der Waals surface area contributed by atoms with Crippen molar-refractivity contribution in [1.82, 2.24) is 9.97 Å². The Labute approximate surface area is 87.5 Å². The minimum atomic E-state index is -0.554. The molecule has 0 saturated heterocycles. The molecule has 2 unspecified atom stereocenters. The number of hydrogen-bond acceptors (Lipinski definition) is 5. The van der Waals surface area contributed by atoms with Gasteiger partial charge in [-0.2, -0.15) is 4.98 Å². The van der Waals surface area contributed by atoms with Gasteiger partial charge in [-0.25, -0.2) is 9.37 Å². The van der Waals surface area contributed by atoms with Crippen LogP contribution in [0.4, 0.5) is 16.2 Å². The highest BCUT2D eigenvalue weighted by atomic mass is 19.1. The summed E-state index contributed by atoms with van der Waals surface area (Å²) in [7, 11) is 0. The average Bonchev–Trinajstić information content (AvgIpc) is 2.10. The van der Waals surface area contributed by atoms with Gasteiger partial charge < -0.3 is 16.2 Å². The molecule has 0 saturated carbocycles. The molecule has 0 aliphatic heterocycles. The Bertz CT molecular complexity index is 332. The Morgan fingerprint density at radius 3 is 2.87 bits per heavy atom. The normalized spacial score (nSPS) is 14.7. The van der Waals surface area contributed by atoms with Crippen molar-refractivity contribution in [3.05, 3.63) is 12.0 Å². The highest BCUT2D eigenvalue weighted by Gasteiger charge is 2.10. The second-order valence-corrected chi connectivity index (χ2v) is 3.55. The predicted molar refractivity (Wildman–Crippen MR) is 55.8 cm³/mol. The van der Waals surface area contributed by atoms with E-state index in [2.05, 4.69) is 15.3 Å². The van der Waals surface area contributed by atoms with Crippen LogP contribution in [0.5, 0.6) is 0 Å². The highest BCUT2D eigenvalue weighted by molar-refractivity contribution is 5.39. The van der Waals surface area contributed by atoms with Gasteiger partial charge in [-0.1, -0.05) is 0 Å². The minimum absolute atomic E-state index is 0.0168. The molecule has 0 aliphatic rings. The van der Waals surface area contributed by atoms with Gasteiger partial charge in [0, 0.05) is 6.04 Å². The zero-order chi connectivity index (χ0) is 11.4. The Kier molecular flexibility index (Phi) is 3.79. The molecule has 0 amide bonds. The van der Waals surface area contributed by atoms with E-state index in [1.807, 2.05) is 6.92 Å². The molecular weight excluding hydrogens is 199 g/mol. The molecule has 0 spiro atoms. The van der Waals surface area contributed by atoms with Gasteiger partial charge in [0.1, 0.15) is 0 Å². The second kappa shape index (κ2) is 4.88. The Morgan fingerprint density at radius 2 is 2.27 bits per heavy atom. The molecule has 0 fully saturated rings. The summed E-state index contributed by atoms with van der Waals surface area (Å²) in [5.41, 5.74) is 5.33. The third-order valence-corrected chi connectivity index (χ3v) is 1.84. The number of aliphatic hydroxyl groups excluding tert-OH is 1. The van der Waals surface area contributed by atoms with Crippen molar-refractivity contribution in [1.29, 1.82) is 0 Å². The molecule has 84 valence electrons. The first-order valence-electron chi connectivity index (χ1n) is 4.71. The lowest BCUT2D eigenvalue weighted by atomic mass is 10.1. The molecule has 0 bridgehead atoms. The van der Waals surface area contributed by atoms with E-state index >= 15 is 0 Å². The van der Waals surface area contributed by atoms with Crippen LogP contribution >= 0.6 is 0 Å². The van der Waals surface area contributed by atoms with Gasteiger partial charge >= 0.3 is 0 Å². The summed E-state index contributed by atoms with van der Waals surface area (Å²) < 4.78 is 13.2.